The number of rotatable bonds is 14. The predicted molar refractivity (Wildman–Crippen MR) is 115 cm³/mol. The van der Waals surface area contributed by atoms with Crippen LogP contribution < -0.4 is 5.32 Å². The summed E-state index contributed by atoms with van der Waals surface area (Å²) in [7, 11) is 0. The summed E-state index contributed by atoms with van der Waals surface area (Å²) in [5.41, 5.74) is 0. The van der Waals surface area contributed by atoms with Crippen molar-refractivity contribution in [2.75, 3.05) is 19.6 Å². The Kier molecular flexibility index (Phi) is 16.7. The Morgan fingerprint density at radius 2 is 1.32 bits per heavy atom. The molecule has 0 saturated carbocycles. The number of nitrogens with zero attached hydrogens (tertiary/aromatic N) is 1. The fraction of sp³-hybridized carbons (Fsp3) is 0.875. The molecular formula is C16H32N2S4. The smallest absolute Gasteiger partial charge is 0.133 e. The fourth-order valence-electron chi connectivity index (χ4n) is 2.39. The van der Waals surface area contributed by atoms with Gasteiger partial charge in [0.2, 0.25) is 0 Å². The summed E-state index contributed by atoms with van der Waals surface area (Å²) in [5.74, 6) is 0. The van der Waals surface area contributed by atoms with E-state index in [1.165, 1.54) is 64.2 Å². The standard InChI is InChI=1S/C16H32N2S4/c1-2-3-4-5-6-7-8-9-10-11-13-18(16(21)22)14-12-17-15(19)20/h2-14H2,1H3,(H,21,22)(H2,17,19,20). The number of unbranched alkanes of at least 4 members (excludes halogenated alkanes) is 9. The third-order valence-electron chi connectivity index (χ3n) is 3.71. The van der Waals surface area contributed by atoms with Gasteiger partial charge in [-0.1, -0.05) is 89.1 Å². The maximum Gasteiger partial charge on any atom is 0.133 e. The lowest BCUT2D eigenvalue weighted by Gasteiger charge is -2.22. The Morgan fingerprint density at radius 3 is 1.77 bits per heavy atom. The van der Waals surface area contributed by atoms with E-state index in [-0.39, 0.29) is 0 Å². The molecule has 0 aromatic carbocycles. The monoisotopic (exact) mass is 380 g/mol. The topological polar surface area (TPSA) is 15.3 Å². The first-order valence-electron chi connectivity index (χ1n) is 8.52. The maximum atomic E-state index is 5.18. The lowest BCUT2D eigenvalue weighted by molar-refractivity contribution is 0.414. The van der Waals surface area contributed by atoms with Crippen molar-refractivity contribution in [3.05, 3.63) is 0 Å². The zero-order chi connectivity index (χ0) is 16.6. The summed E-state index contributed by atoms with van der Waals surface area (Å²) in [4.78, 5) is 2.13. The minimum absolute atomic E-state index is 0.531. The molecule has 0 radical (unpaired) electrons. The van der Waals surface area contributed by atoms with E-state index in [1.54, 1.807) is 0 Å². The van der Waals surface area contributed by atoms with Crippen LogP contribution in [0.5, 0.6) is 0 Å². The minimum Gasteiger partial charge on any atom is -0.369 e. The number of hydrogen-bond donors (Lipinski definition) is 3. The lowest BCUT2D eigenvalue weighted by atomic mass is 10.1. The Balaban J connectivity index is 3.48. The average molecular weight is 381 g/mol. The largest absolute Gasteiger partial charge is 0.369 e. The number of thiocarbonyl (C=S) groups is 2. The van der Waals surface area contributed by atoms with Crippen LogP contribution in [-0.2, 0) is 0 Å². The third kappa shape index (κ3) is 15.4. The van der Waals surface area contributed by atoms with Gasteiger partial charge in [-0.2, -0.15) is 0 Å². The van der Waals surface area contributed by atoms with E-state index >= 15 is 0 Å². The molecule has 0 saturated heterocycles. The van der Waals surface area contributed by atoms with Gasteiger partial charge in [-0.3, -0.25) is 0 Å². The summed E-state index contributed by atoms with van der Waals surface area (Å²) in [6.45, 7) is 4.85. The summed E-state index contributed by atoms with van der Waals surface area (Å²) in [6.07, 6.45) is 13.5. The second-order valence-corrected chi connectivity index (χ2v) is 7.95. The van der Waals surface area contributed by atoms with Crippen LogP contribution in [0, 0.1) is 0 Å². The van der Waals surface area contributed by atoms with E-state index in [4.69, 9.17) is 24.4 Å². The number of nitrogens with one attached hydrogen (secondary N) is 1. The zero-order valence-electron chi connectivity index (χ0n) is 13.9. The van der Waals surface area contributed by atoms with Crippen molar-refractivity contribution in [3.8, 4) is 0 Å². The number of hydrogen-bond acceptors (Lipinski definition) is 2. The van der Waals surface area contributed by atoms with Crippen molar-refractivity contribution in [1.82, 2.24) is 10.2 Å². The van der Waals surface area contributed by atoms with Crippen LogP contribution in [0.3, 0.4) is 0 Å². The molecule has 0 aliphatic heterocycles. The van der Waals surface area contributed by atoms with E-state index in [1.807, 2.05) is 0 Å². The summed E-state index contributed by atoms with van der Waals surface area (Å²) in [6, 6.07) is 0. The second kappa shape index (κ2) is 16.3. The van der Waals surface area contributed by atoms with Crippen LogP contribution in [0.2, 0.25) is 0 Å². The summed E-state index contributed by atoms with van der Waals surface area (Å²) in [5, 5.41) is 3.03. The normalized spacial score (nSPS) is 10.5. The van der Waals surface area contributed by atoms with Crippen molar-refractivity contribution in [3.63, 3.8) is 0 Å². The van der Waals surface area contributed by atoms with E-state index in [0.29, 0.717) is 8.64 Å². The maximum absolute atomic E-state index is 5.18. The molecule has 0 spiro atoms. The van der Waals surface area contributed by atoms with Gasteiger partial charge in [-0.15, -0.1) is 25.3 Å². The minimum atomic E-state index is 0.531. The van der Waals surface area contributed by atoms with Gasteiger partial charge in [-0.05, 0) is 6.42 Å². The van der Waals surface area contributed by atoms with Gasteiger partial charge in [0.25, 0.3) is 0 Å². The van der Waals surface area contributed by atoms with Gasteiger partial charge in [0.05, 0.1) is 0 Å². The molecule has 0 aliphatic rings. The first-order chi connectivity index (χ1) is 10.6. The average Bonchev–Trinajstić information content (AvgIpc) is 2.46. The molecule has 6 heteroatoms. The molecule has 130 valence electrons. The molecule has 0 amide bonds. The quantitative estimate of drug-likeness (QED) is 0.217. The fourth-order valence-corrected chi connectivity index (χ4v) is 2.99. The van der Waals surface area contributed by atoms with Crippen molar-refractivity contribution in [1.29, 1.82) is 0 Å². The van der Waals surface area contributed by atoms with Gasteiger partial charge in [0, 0.05) is 19.6 Å². The summed E-state index contributed by atoms with van der Waals surface area (Å²) >= 11 is 18.4. The van der Waals surface area contributed by atoms with E-state index < -0.39 is 0 Å². The first-order valence-corrected chi connectivity index (χ1v) is 10.2. The van der Waals surface area contributed by atoms with Gasteiger partial charge in [0.15, 0.2) is 0 Å². The van der Waals surface area contributed by atoms with Gasteiger partial charge < -0.3 is 10.2 Å². The molecule has 0 fully saturated rings. The van der Waals surface area contributed by atoms with Gasteiger partial charge in [0.1, 0.15) is 8.64 Å². The molecule has 0 atom stereocenters. The van der Waals surface area contributed by atoms with Crippen molar-refractivity contribution in [2.45, 2.75) is 71.1 Å². The van der Waals surface area contributed by atoms with Crippen LogP contribution in [0.25, 0.3) is 0 Å². The van der Waals surface area contributed by atoms with Crippen LogP contribution in [-0.4, -0.2) is 33.2 Å². The molecular weight excluding hydrogens is 348 g/mol. The zero-order valence-corrected chi connectivity index (χ0v) is 17.3. The van der Waals surface area contributed by atoms with E-state index in [9.17, 15) is 0 Å². The molecule has 22 heavy (non-hydrogen) atoms. The molecule has 0 aliphatic carbocycles. The van der Waals surface area contributed by atoms with Gasteiger partial charge >= 0.3 is 0 Å². The number of thiol groups is 2. The highest BCUT2D eigenvalue weighted by Crippen LogP contribution is 2.11. The highest BCUT2D eigenvalue weighted by molar-refractivity contribution is 8.11. The van der Waals surface area contributed by atoms with Crippen molar-refractivity contribution >= 4 is 58.3 Å². The second-order valence-electron chi connectivity index (χ2n) is 5.68. The highest BCUT2D eigenvalue weighted by Gasteiger charge is 2.05. The molecule has 1 N–H and O–H groups in total. The molecule has 0 aromatic rings. The van der Waals surface area contributed by atoms with Crippen LogP contribution in [0.15, 0.2) is 0 Å². The van der Waals surface area contributed by atoms with E-state index in [2.05, 4.69) is 42.4 Å². The Hall–Kier alpha value is 0.480. The van der Waals surface area contributed by atoms with Crippen molar-refractivity contribution in [2.24, 2.45) is 0 Å². The van der Waals surface area contributed by atoms with Crippen LogP contribution >= 0.6 is 49.7 Å². The summed E-state index contributed by atoms with van der Waals surface area (Å²) < 4.78 is 1.20. The predicted octanol–water partition coefficient (Wildman–Crippen LogP) is 5.23. The molecule has 0 heterocycles. The SMILES string of the molecule is CCCCCCCCCCCCN(CCNC(=S)S)C(=S)S. The lowest BCUT2D eigenvalue weighted by Crippen LogP contribution is -2.35. The van der Waals surface area contributed by atoms with Crippen LogP contribution in [0.4, 0.5) is 0 Å². The molecule has 0 bridgehead atoms. The Morgan fingerprint density at radius 1 is 0.818 bits per heavy atom. The Labute approximate surface area is 159 Å². The first kappa shape index (κ1) is 22.5. The Bertz CT molecular complexity index is 298. The molecule has 0 rings (SSSR count). The van der Waals surface area contributed by atoms with E-state index in [0.717, 1.165) is 19.6 Å². The van der Waals surface area contributed by atoms with Gasteiger partial charge in [-0.25, -0.2) is 0 Å². The van der Waals surface area contributed by atoms with Crippen LogP contribution in [0.1, 0.15) is 71.1 Å². The molecule has 0 unspecified atom stereocenters. The highest BCUT2D eigenvalue weighted by atomic mass is 32.1. The third-order valence-corrected chi connectivity index (χ3v) is 4.55. The van der Waals surface area contributed by atoms with Crippen molar-refractivity contribution < 1.29 is 0 Å². The molecule has 0 aromatic heterocycles. The molecule has 2 nitrogen and oxygen atoms in total.